The van der Waals surface area contributed by atoms with Gasteiger partial charge in [-0.3, -0.25) is 14.4 Å². The highest BCUT2D eigenvalue weighted by atomic mass is 16.6. The van der Waals surface area contributed by atoms with Gasteiger partial charge in [-0.25, -0.2) is 0 Å². The number of hydrogen-bond acceptors (Lipinski definition) is 6. The van der Waals surface area contributed by atoms with Crippen molar-refractivity contribution < 1.29 is 28.6 Å². The first kappa shape index (κ1) is 78.8. The van der Waals surface area contributed by atoms with E-state index >= 15 is 0 Å². The maximum absolute atomic E-state index is 13.0. The van der Waals surface area contributed by atoms with Gasteiger partial charge in [-0.05, 0) is 128 Å². The van der Waals surface area contributed by atoms with E-state index in [2.05, 4.69) is 142 Å². The molecule has 1 unspecified atom stereocenters. The molecule has 6 nitrogen and oxygen atoms in total. The molecule has 0 fully saturated rings. The van der Waals surface area contributed by atoms with Gasteiger partial charge in [0.05, 0.1) is 0 Å². The smallest absolute Gasteiger partial charge is 0.306 e. The van der Waals surface area contributed by atoms with E-state index < -0.39 is 6.10 Å². The minimum absolute atomic E-state index is 0.0828. The van der Waals surface area contributed by atoms with E-state index in [0.717, 1.165) is 122 Å². The third-order valence-corrected chi connectivity index (χ3v) is 14.9. The van der Waals surface area contributed by atoms with Crippen molar-refractivity contribution in [2.24, 2.45) is 0 Å². The summed E-state index contributed by atoms with van der Waals surface area (Å²) < 4.78 is 17.0. The van der Waals surface area contributed by atoms with Crippen LogP contribution in [-0.4, -0.2) is 37.2 Å². The molecule has 0 aromatic rings. The van der Waals surface area contributed by atoms with Crippen LogP contribution in [0.15, 0.2) is 122 Å². The monoisotopic (exact) mass is 1150 g/mol. The first-order chi connectivity index (χ1) is 41.0. The molecule has 0 saturated heterocycles. The van der Waals surface area contributed by atoms with Crippen molar-refractivity contribution in [3.63, 3.8) is 0 Å². The standard InChI is InChI=1S/C77H130O6/c1-4-7-10-13-16-19-22-25-27-29-31-33-35-36-37-38-39-40-42-43-45-47-49-52-55-58-61-64-67-70-76(79)82-73-74(72-81-75(78)69-66-63-60-57-54-51-24-21-18-15-12-9-6-3)83-77(80)71-68-65-62-59-56-53-50-48-46-44-41-34-32-30-28-26-23-20-17-14-11-8-5-2/h7-8,10-11,16-17,19-21,24-28,31-34,36-37,74H,4-6,9,12-15,18,22-23,29-30,35,38-73H2,1-3H3/b10-7-,11-8-,19-16-,20-17-,24-21-,27-25-,28-26-,33-31-,34-32-,37-36-. The maximum atomic E-state index is 13.0. The van der Waals surface area contributed by atoms with E-state index in [1.807, 2.05) is 0 Å². The molecule has 0 rings (SSSR count). The second-order valence-corrected chi connectivity index (χ2v) is 23.0. The van der Waals surface area contributed by atoms with Crippen molar-refractivity contribution in [1.82, 2.24) is 0 Å². The summed E-state index contributed by atoms with van der Waals surface area (Å²) in [6.45, 7) is 6.42. The summed E-state index contributed by atoms with van der Waals surface area (Å²) in [6.07, 6.45) is 97.9. The zero-order chi connectivity index (χ0) is 59.9. The molecule has 0 amide bonds. The van der Waals surface area contributed by atoms with Crippen molar-refractivity contribution in [3.8, 4) is 0 Å². The summed E-state index contributed by atoms with van der Waals surface area (Å²) in [7, 11) is 0. The van der Waals surface area contributed by atoms with Crippen LogP contribution < -0.4 is 0 Å². The Balaban J connectivity index is 4.29. The lowest BCUT2D eigenvalue weighted by Crippen LogP contribution is -2.30. The van der Waals surface area contributed by atoms with Crippen LogP contribution in [0.2, 0.25) is 0 Å². The SMILES string of the molecule is CC/C=C\C/C=C\C/C=C\C/C=C\C/C=C\CCCCCCCCCCCCCCCC(=O)OCC(COC(=O)CCCCCCC/C=C\CCCCCC)OC(=O)CCCCCCCCCCCC/C=C\C/C=C\C/C=C\C/C=C\CC. The summed E-state index contributed by atoms with van der Waals surface area (Å²) in [5.41, 5.74) is 0. The molecule has 0 aliphatic heterocycles. The Morgan fingerprint density at radius 3 is 0.747 bits per heavy atom. The number of allylic oxidation sites excluding steroid dienone is 20. The van der Waals surface area contributed by atoms with Gasteiger partial charge in [0.2, 0.25) is 0 Å². The molecule has 0 aromatic carbocycles. The van der Waals surface area contributed by atoms with Gasteiger partial charge >= 0.3 is 17.9 Å². The van der Waals surface area contributed by atoms with Crippen molar-refractivity contribution in [3.05, 3.63) is 122 Å². The Bertz CT molecular complexity index is 1700. The minimum atomic E-state index is -0.788. The Hall–Kier alpha value is -4.19. The highest BCUT2D eigenvalue weighted by molar-refractivity contribution is 5.71. The third kappa shape index (κ3) is 68.5. The van der Waals surface area contributed by atoms with Crippen molar-refractivity contribution >= 4 is 17.9 Å². The fourth-order valence-corrected chi connectivity index (χ4v) is 9.75. The Morgan fingerprint density at radius 1 is 0.253 bits per heavy atom. The molecule has 6 heteroatoms. The maximum Gasteiger partial charge on any atom is 0.306 e. The highest BCUT2D eigenvalue weighted by Gasteiger charge is 2.19. The molecule has 0 aliphatic carbocycles. The van der Waals surface area contributed by atoms with Crippen molar-refractivity contribution in [2.75, 3.05) is 13.2 Å². The van der Waals surface area contributed by atoms with E-state index in [1.165, 1.54) is 167 Å². The molecule has 0 aromatic heterocycles. The summed E-state index contributed by atoms with van der Waals surface area (Å²) >= 11 is 0. The summed E-state index contributed by atoms with van der Waals surface area (Å²) in [6, 6.07) is 0. The minimum Gasteiger partial charge on any atom is -0.462 e. The number of ether oxygens (including phenoxy) is 3. The van der Waals surface area contributed by atoms with Crippen LogP contribution >= 0.6 is 0 Å². The highest BCUT2D eigenvalue weighted by Crippen LogP contribution is 2.17. The van der Waals surface area contributed by atoms with Crippen LogP contribution in [0.4, 0.5) is 0 Å². The average molecular weight is 1150 g/mol. The fraction of sp³-hybridized carbons (Fsp3) is 0.701. The van der Waals surface area contributed by atoms with Crippen LogP contribution in [0.25, 0.3) is 0 Å². The van der Waals surface area contributed by atoms with Crippen molar-refractivity contribution in [1.29, 1.82) is 0 Å². The molecule has 0 radical (unpaired) electrons. The number of rotatable bonds is 63. The number of esters is 3. The molecular weight excluding hydrogens is 1020 g/mol. The molecule has 1 atom stereocenters. The first-order valence-corrected chi connectivity index (χ1v) is 35.0. The lowest BCUT2D eigenvalue weighted by Gasteiger charge is -2.18. The lowest BCUT2D eigenvalue weighted by atomic mass is 10.0. The van der Waals surface area contributed by atoms with Gasteiger partial charge in [0, 0.05) is 19.3 Å². The van der Waals surface area contributed by atoms with E-state index in [0.29, 0.717) is 19.3 Å². The van der Waals surface area contributed by atoms with E-state index in [9.17, 15) is 14.4 Å². The van der Waals surface area contributed by atoms with Gasteiger partial charge in [-0.1, -0.05) is 303 Å². The second-order valence-electron chi connectivity index (χ2n) is 23.0. The topological polar surface area (TPSA) is 78.9 Å². The van der Waals surface area contributed by atoms with E-state index in [4.69, 9.17) is 14.2 Å². The largest absolute Gasteiger partial charge is 0.462 e. The third-order valence-electron chi connectivity index (χ3n) is 14.9. The summed E-state index contributed by atoms with van der Waals surface area (Å²) in [5, 5.41) is 0. The fourth-order valence-electron chi connectivity index (χ4n) is 9.75. The van der Waals surface area contributed by atoms with Crippen LogP contribution in [0.3, 0.4) is 0 Å². The first-order valence-electron chi connectivity index (χ1n) is 35.0. The quantitative estimate of drug-likeness (QED) is 0.0261. The molecule has 474 valence electrons. The summed E-state index contributed by atoms with van der Waals surface area (Å²) in [5.74, 6) is -0.886. The number of unbranched alkanes of at least 4 members (excludes halogenated alkanes) is 32. The lowest BCUT2D eigenvalue weighted by molar-refractivity contribution is -0.167. The molecule has 0 saturated carbocycles. The number of carbonyl (C=O) groups excluding carboxylic acids is 3. The Morgan fingerprint density at radius 2 is 0.470 bits per heavy atom. The zero-order valence-electron chi connectivity index (χ0n) is 54.4. The number of hydrogen-bond donors (Lipinski definition) is 0. The van der Waals surface area contributed by atoms with Gasteiger partial charge in [0.1, 0.15) is 13.2 Å². The molecule has 0 heterocycles. The van der Waals surface area contributed by atoms with E-state index in [-0.39, 0.29) is 31.1 Å². The molecule has 0 N–H and O–H groups in total. The number of carbonyl (C=O) groups is 3. The Kier molecular flexibility index (Phi) is 66.7. The van der Waals surface area contributed by atoms with Crippen LogP contribution in [-0.2, 0) is 28.6 Å². The average Bonchev–Trinajstić information content (AvgIpc) is 3.49. The van der Waals surface area contributed by atoms with Gasteiger partial charge in [0.15, 0.2) is 6.10 Å². The molecular formula is C77H130O6. The molecule has 0 bridgehead atoms. The van der Waals surface area contributed by atoms with Crippen LogP contribution in [0.1, 0.15) is 329 Å². The van der Waals surface area contributed by atoms with Gasteiger partial charge in [0.25, 0.3) is 0 Å². The van der Waals surface area contributed by atoms with Crippen LogP contribution in [0, 0.1) is 0 Å². The van der Waals surface area contributed by atoms with Crippen molar-refractivity contribution in [2.45, 2.75) is 335 Å². The summed E-state index contributed by atoms with van der Waals surface area (Å²) in [4.78, 5) is 38.4. The van der Waals surface area contributed by atoms with Gasteiger partial charge in [-0.2, -0.15) is 0 Å². The Labute approximate surface area is 513 Å². The second kappa shape index (κ2) is 70.3. The van der Waals surface area contributed by atoms with Gasteiger partial charge in [-0.15, -0.1) is 0 Å². The molecule has 0 spiro atoms. The van der Waals surface area contributed by atoms with Gasteiger partial charge < -0.3 is 14.2 Å². The van der Waals surface area contributed by atoms with Crippen LogP contribution in [0.5, 0.6) is 0 Å². The van der Waals surface area contributed by atoms with E-state index in [1.54, 1.807) is 0 Å². The zero-order valence-corrected chi connectivity index (χ0v) is 54.4. The predicted molar refractivity (Wildman–Crippen MR) is 362 cm³/mol. The predicted octanol–water partition coefficient (Wildman–Crippen LogP) is 24.3. The molecule has 0 aliphatic rings. The normalized spacial score (nSPS) is 12.9. The molecule has 83 heavy (non-hydrogen) atoms.